The van der Waals surface area contributed by atoms with E-state index in [9.17, 15) is 0 Å². The molecule has 0 aliphatic rings. The molecule has 90 valence electrons. The van der Waals surface area contributed by atoms with E-state index in [0.29, 0.717) is 12.0 Å². The van der Waals surface area contributed by atoms with Gasteiger partial charge < -0.3 is 5.32 Å². The van der Waals surface area contributed by atoms with Gasteiger partial charge in [0.15, 0.2) is 0 Å². The number of benzene rings is 1. The Bertz CT molecular complexity index is 329. The largest absolute Gasteiger partial charge is 0.314 e. The normalized spacial score (nSPS) is 13.2. The fraction of sp³-hybridized carbons (Fsp3) is 0.600. The molecule has 0 fully saturated rings. The first kappa shape index (κ1) is 13.2. The van der Waals surface area contributed by atoms with Crippen molar-refractivity contribution >= 4 is 0 Å². The molecule has 0 aromatic heterocycles. The van der Waals surface area contributed by atoms with Crippen molar-refractivity contribution in [3.63, 3.8) is 0 Å². The van der Waals surface area contributed by atoms with Crippen LogP contribution in [0.15, 0.2) is 12.1 Å². The fourth-order valence-corrected chi connectivity index (χ4v) is 2.48. The van der Waals surface area contributed by atoms with Crippen molar-refractivity contribution in [2.45, 2.75) is 53.5 Å². The van der Waals surface area contributed by atoms with Gasteiger partial charge in [-0.3, -0.25) is 0 Å². The molecule has 1 unspecified atom stereocenters. The molecule has 1 heteroatoms. The highest BCUT2D eigenvalue weighted by molar-refractivity contribution is 5.39. The second kappa shape index (κ2) is 5.49. The SMILES string of the molecule is Cc1cc(C)c(C(C)CNC(C)C)c(C)c1. The molecule has 1 nitrogen and oxygen atoms in total. The van der Waals surface area contributed by atoms with Gasteiger partial charge >= 0.3 is 0 Å². The lowest BCUT2D eigenvalue weighted by atomic mass is 9.90. The lowest BCUT2D eigenvalue weighted by Gasteiger charge is -2.20. The zero-order valence-corrected chi connectivity index (χ0v) is 11.5. The topological polar surface area (TPSA) is 12.0 Å². The third-order valence-electron chi connectivity index (χ3n) is 3.06. The molecule has 0 aliphatic carbocycles. The molecule has 16 heavy (non-hydrogen) atoms. The van der Waals surface area contributed by atoms with Crippen molar-refractivity contribution in [1.29, 1.82) is 0 Å². The minimum Gasteiger partial charge on any atom is -0.314 e. The smallest absolute Gasteiger partial charge is 0.00200 e. The Hall–Kier alpha value is -0.820. The van der Waals surface area contributed by atoms with Gasteiger partial charge in [0.25, 0.3) is 0 Å². The van der Waals surface area contributed by atoms with Crippen LogP contribution in [0.2, 0.25) is 0 Å². The van der Waals surface area contributed by atoms with Crippen LogP contribution in [0.1, 0.15) is 48.9 Å². The Labute approximate surface area is 100 Å². The maximum atomic E-state index is 3.51. The standard InChI is InChI=1S/C15H25N/c1-10(2)16-9-14(6)15-12(4)7-11(3)8-13(15)5/h7-8,10,14,16H,9H2,1-6H3. The van der Waals surface area contributed by atoms with Gasteiger partial charge in [0.05, 0.1) is 0 Å². The van der Waals surface area contributed by atoms with Crippen LogP contribution in [0.25, 0.3) is 0 Å². The van der Waals surface area contributed by atoms with Gasteiger partial charge in [-0.05, 0) is 43.4 Å². The highest BCUT2D eigenvalue weighted by Crippen LogP contribution is 2.24. The van der Waals surface area contributed by atoms with Crippen molar-refractivity contribution in [3.8, 4) is 0 Å². The van der Waals surface area contributed by atoms with E-state index < -0.39 is 0 Å². The highest BCUT2D eigenvalue weighted by Gasteiger charge is 2.11. The fourth-order valence-electron chi connectivity index (χ4n) is 2.48. The van der Waals surface area contributed by atoms with Gasteiger partial charge in [-0.1, -0.05) is 38.5 Å². The molecule has 0 saturated heterocycles. The summed E-state index contributed by atoms with van der Waals surface area (Å²) in [6.07, 6.45) is 0. The molecule has 1 rings (SSSR count). The zero-order valence-electron chi connectivity index (χ0n) is 11.5. The average Bonchev–Trinajstić information content (AvgIpc) is 2.12. The molecule has 0 amide bonds. The predicted molar refractivity (Wildman–Crippen MR) is 72.2 cm³/mol. The molecule has 0 radical (unpaired) electrons. The van der Waals surface area contributed by atoms with Crippen molar-refractivity contribution in [3.05, 3.63) is 34.4 Å². The van der Waals surface area contributed by atoms with Crippen LogP contribution in [-0.2, 0) is 0 Å². The summed E-state index contributed by atoms with van der Waals surface area (Å²) in [6.45, 7) is 14.4. The molecule has 1 aromatic carbocycles. The summed E-state index contributed by atoms with van der Waals surface area (Å²) in [5.74, 6) is 0.586. The van der Waals surface area contributed by atoms with Crippen molar-refractivity contribution in [1.82, 2.24) is 5.32 Å². The maximum absolute atomic E-state index is 3.51. The van der Waals surface area contributed by atoms with E-state index in [1.165, 1.54) is 22.3 Å². The van der Waals surface area contributed by atoms with Crippen molar-refractivity contribution in [2.75, 3.05) is 6.54 Å². The second-order valence-corrected chi connectivity index (χ2v) is 5.28. The summed E-state index contributed by atoms with van der Waals surface area (Å²) in [4.78, 5) is 0. The average molecular weight is 219 g/mol. The summed E-state index contributed by atoms with van der Waals surface area (Å²) in [7, 11) is 0. The Balaban J connectivity index is 2.86. The van der Waals surface area contributed by atoms with Crippen LogP contribution in [0.3, 0.4) is 0 Å². The van der Waals surface area contributed by atoms with E-state index >= 15 is 0 Å². The summed E-state index contributed by atoms with van der Waals surface area (Å²) in [6, 6.07) is 5.14. The molecule has 0 bridgehead atoms. The molecule has 0 heterocycles. The van der Waals surface area contributed by atoms with Crippen LogP contribution >= 0.6 is 0 Å². The highest BCUT2D eigenvalue weighted by atomic mass is 14.9. The second-order valence-electron chi connectivity index (χ2n) is 5.28. The van der Waals surface area contributed by atoms with Crippen LogP contribution in [0.4, 0.5) is 0 Å². The molecule has 0 aliphatic heterocycles. The quantitative estimate of drug-likeness (QED) is 0.814. The minimum absolute atomic E-state index is 0.563. The number of hydrogen-bond acceptors (Lipinski definition) is 1. The predicted octanol–water partition coefficient (Wildman–Crippen LogP) is 3.71. The van der Waals surface area contributed by atoms with Gasteiger partial charge in [-0.2, -0.15) is 0 Å². The summed E-state index contributed by atoms with van der Waals surface area (Å²) in [5.41, 5.74) is 5.73. The van der Waals surface area contributed by atoms with E-state index in [-0.39, 0.29) is 0 Å². The molecular formula is C15H25N. The Morgan fingerprint density at radius 1 is 1.00 bits per heavy atom. The summed E-state index contributed by atoms with van der Waals surface area (Å²) in [5, 5.41) is 3.51. The zero-order chi connectivity index (χ0) is 12.3. The molecule has 0 saturated carbocycles. The molecular weight excluding hydrogens is 194 g/mol. The maximum Gasteiger partial charge on any atom is 0.00200 e. The number of hydrogen-bond donors (Lipinski definition) is 1. The molecule has 1 aromatic rings. The van der Waals surface area contributed by atoms with Crippen LogP contribution in [-0.4, -0.2) is 12.6 Å². The lowest BCUT2D eigenvalue weighted by Crippen LogP contribution is -2.27. The van der Waals surface area contributed by atoms with Crippen molar-refractivity contribution in [2.24, 2.45) is 0 Å². The summed E-state index contributed by atoms with van der Waals surface area (Å²) < 4.78 is 0. The van der Waals surface area contributed by atoms with Crippen molar-refractivity contribution < 1.29 is 0 Å². The number of nitrogens with one attached hydrogen (secondary N) is 1. The van der Waals surface area contributed by atoms with E-state index in [1.54, 1.807) is 0 Å². The van der Waals surface area contributed by atoms with E-state index in [1.807, 2.05) is 0 Å². The van der Waals surface area contributed by atoms with Crippen LogP contribution in [0, 0.1) is 20.8 Å². The first-order valence-corrected chi connectivity index (χ1v) is 6.23. The number of aryl methyl sites for hydroxylation is 3. The van der Waals surface area contributed by atoms with E-state index in [4.69, 9.17) is 0 Å². The first-order valence-electron chi connectivity index (χ1n) is 6.23. The van der Waals surface area contributed by atoms with E-state index in [0.717, 1.165) is 6.54 Å². The van der Waals surface area contributed by atoms with Crippen LogP contribution < -0.4 is 5.32 Å². The Morgan fingerprint density at radius 3 is 1.94 bits per heavy atom. The van der Waals surface area contributed by atoms with E-state index in [2.05, 4.69) is 59.0 Å². The third-order valence-corrected chi connectivity index (χ3v) is 3.06. The first-order chi connectivity index (χ1) is 7.41. The summed E-state index contributed by atoms with van der Waals surface area (Å²) >= 11 is 0. The molecule has 1 atom stereocenters. The lowest BCUT2D eigenvalue weighted by molar-refractivity contribution is 0.546. The van der Waals surface area contributed by atoms with Crippen LogP contribution in [0.5, 0.6) is 0 Å². The van der Waals surface area contributed by atoms with Gasteiger partial charge in [-0.25, -0.2) is 0 Å². The minimum atomic E-state index is 0.563. The molecule has 1 N–H and O–H groups in total. The van der Waals surface area contributed by atoms with Gasteiger partial charge in [0.1, 0.15) is 0 Å². The Kier molecular flexibility index (Phi) is 4.55. The monoisotopic (exact) mass is 219 g/mol. The number of rotatable bonds is 4. The van der Waals surface area contributed by atoms with Gasteiger partial charge in [-0.15, -0.1) is 0 Å². The third kappa shape index (κ3) is 3.34. The molecule has 0 spiro atoms. The van der Waals surface area contributed by atoms with Gasteiger partial charge in [0, 0.05) is 12.6 Å². The Morgan fingerprint density at radius 2 is 1.50 bits per heavy atom. The van der Waals surface area contributed by atoms with Gasteiger partial charge in [0.2, 0.25) is 0 Å².